The molecule has 5 heteroatoms. The van der Waals surface area contributed by atoms with Crippen LogP contribution in [-0.2, 0) is 0 Å². The quantitative estimate of drug-likeness (QED) is 0.742. The molecular formula is C13H18BrN3O. The van der Waals surface area contributed by atoms with Crippen molar-refractivity contribution >= 4 is 27.0 Å². The summed E-state index contributed by atoms with van der Waals surface area (Å²) in [6, 6.07) is 3.87. The molecule has 1 atom stereocenters. The Hall–Kier alpha value is -1.07. The van der Waals surface area contributed by atoms with Gasteiger partial charge in [-0.15, -0.1) is 0 Å². The second-order valence-electron chi connectivity index (χ2n) is 4.60. The van der Waals surface area contributed by atoms with Crippen LogP contribution in [0.15, 0.2) is 21.4 Å². The molecule has 0 fully saturated rings. The number of aromatic amines is 2. The number of fused-ring (bicyclic) bond motifs is 1. The molecule has 98 valence electrons. The summed E-state index contributed by atoms with van der Waals surface area (Å²) < 4.78 is 0.953. The van der Waals surface area contributed by atoms with Crippen LogP contribution in [0.3, 0.4) is 0 Å². The Kier molecular flexibility index (Phi) is 4.24. The first-order valence-electron chi connectivity index (χ1n) is 6.29. The van der Waals surface area contributed by atoms with Gasteiger partial charge in [0.15, 0.2) is 0 Å². The number of hydrogen-bond acceptors (Lipinski definition) is 2. The van der Waals surface area contributed by atoms with Crippen molar-refractivity contribution < 1.29 is 0 Å². The first-order valence-corrected chi connectivity index (χ1v) is 7.08. The van der Waals surface area contributed by atoms with Crippen molar-refractivity contribution in [2.45, 2.75) is 38.6 Å². The van der Waals surface area contributed by atoms with Crippen LogP contribution in [0.4, 0.5) is 0 Å². The van der Waals surface area contributed by atoms with Crippen molar-refractivity contribution in [2.24, 2.45) is 5.73 Å². The van der Waals surface area contributed by atoms with Gasteiger partial charge in [0.25, 0.3) is 0 Å². The number of aromatic nitrogens is 2. The Morgan fingerprint density at radius 2 is 1.94 bits per heavy atom. The first-order chi connectivity index (χ1) is 8.61. The molecule has 4 N–H and O–H groups in total. The van der Waals surface area contributed by atoms with Crippen LogP contribution in [0.2, 0.25) is 0 Å². The highest BCUT2D eigenvalue weighted by atomic mass is 79.9. The molecule has 1 aromatic heterocycles. The number of nitrogens with two attached hydrogens (primary N) is 1. The summed E-state index contributed by atoms with van der Waals surface area (Å²) in [5.74, 6) is 0. The molecule has 0 bridgehead atoms. The number of rotatable bonds is 5. The van der Waals surface area contributed by atoms with Crippen molar-refractivity contribution in [2.75, 3.05) is 0 Å². The van der Waals surface area contributed by atoms with Gasteiger partial charge < -0.3 is 15.7 Å². The number of hydrogen-bond donors (Lipinski definition) is 3. The van der Waals surface area contributed by atoms with Gasteiger partial charge in [-0.05, 0) is 24.1 Å². The zero-order chi connectivity index (χ0) is 13.1. The van der Waals surface area contributed by atoms with E-state index in [-0.39, 0.29) is 11.7 Å². The predicted octanol–water partition coefficient (Wildman–Crippen LogP) is 3.20. The van der Waals surface area contributed by atoms with Gasteiger partial charge in [-0.1, -0.05) is 42.1 Å². The summed E-state index contributed by atoms with van der Waals surface area (Å²) in [5, 5.41) is 0. The fraction of sp³-hybridized carbons (Fsp3) is 0.462. The highest BCUT2D eigenvalue weighted by Gasteiger charge is 2.12. The fourth-order valence-electron chi connectivity index (χ4n) is 2.13. The maximum absolute atomic E-state index is 11.2. The smallest absolute Gasteiger partial charge is 0.323 e. The second-order valence-corrected chi connectivity index (χ2v) is 5.46. The van der Waals surface area contributed by atoms with E-state index in [0.29, 0.717) is 0 Å². The van der Waals surface area contributed by atoms with E-state index < -0.39 is 0 Å². The molecule has 1 unspecified atom stereocenters. The maximum Gasteiger partial charge on any atom is 0.323 e. The minimum Gasteiger partial charge on any atom is -0.324 e. The summed E-state index contributed by atoms with van der Waals surface area (Å²) in [4.78, 5) is 16.7. The van der Waals surface area contributed by atoms with Crippen LogP contribution >= 0.6 is 15.9 Å². The minimum atomic E-state index is -0.186. The minimum absolute atomic E-state index is 0.00808. The lowest BCUT2D eigenvalue weighted by Crippen LogP contribution is -2.10. The molecule has 0 aliphatic rings. The van der Waals surface area contributed by atoms with Crippen molar-refractivity contribution in [1.82, 2.24) is 9.97 Å². The van der Waals surface area contributed by atoms with Crippen LogP contribution in [0.25, 0.3) is 11.0 Å². The SMILES string of the molecule is CCCCCC(N)c1cc2[nH]c(=O)[nH]c2cc1Br. The van der Waals surface area contributed by atoms with Gasteiger partial charge in [0.1, 0.15) is 0 Å². The van der Waals surface area contributed by atoms with E-state index >= 15 is 0 Å². The van der Waals surface area contributed by atoms with Gasteiger partial charge in [0.05, 0.1) is 11.0 Å². The van der Waals surface area contributed by atoms with Gasteiger partial charge in [0, 0.05) is 10.5 Å². The number of benzene rings is 1. The summed E-state index contributed by atoms with van der Waals surface area (Å²) in [6.45, 7) is 2.18. The summed E-state index contributed by atoms with van der Waals surface area (Å²) in [7, 11) is 0. The van der Waals surface area contributed by atoms with Crippen molar-refractivity contribution in [1.29, 1.82) is 0 Å². The van der Waals surface area contributed by atoms with Crippen molar-refractivity contribution in [3.8, 4) is 0 Å². The average molecular weight is 312 g/mol. The van der Waals surface area contributed by atoms with Crippen LogP contribution in [-0.4, -0.2) is 9.97 Å². The van der Waals surface area contributed by atoms with Gasteiger partial charge >= 0.3 is 5.69 Å². The molecule has 0 spiro atoms. The molecule has 4 nitrogen and oxygen atoms in total. The van der Waals surface area contributed by atoms with E-state index in [4.69, 9.17) is 5.73 Å². The lowest BCUT2D eigenvalue weighted by atomic mass is 10.0. The molecule has 2 aromatic rings. The topological polar surface area (TPSA) is 74.7 Å². The predicted molar refractivity (Wildman–Crippen MR) is 77.7 cm³/mol. The lowest BCUT2D eigenvalue weighted by Gasteiger charge is -2.13. The van der Waals surface area contributed by atoms with E-state index in [0.717, 1.165) is 33.9 Å². The standard InChI is InChI=1S/C13H18BrN3O/c1-2-3-4-5-10(15)8-6-11-12(7-9(8)14)17-13(18)16-11/h6-7,10H,2-5,15H2,1H3,(H2,16,17,18). The molecule has 0 radical (unpaired) electrons. The highest BCUT2D eigenvalue weighted by Crippen LogP contribution is 2.28. The second kappa shape index (κ2) is 5.71. The Balaban J connectivity index is 2.26. The number of unbranched alkanes of at least 4 members (excludes halogenated alkanes) is 2. The number of nitrogens with one attached hydrogen (secondary N) is 2. The van der Waals surface area contributed by atoms with Gasteiger partial charge in [-0.3, -0.25) is 0 Å². The molecule has 1 aromatic carbocycles. The van der Waals surface area contributed by atoms with Crippen LogP contribution < -0.4 is 11.4 Å². The van der Waals surface area contributed by atoms with Crippen LogP contribution in [0, 0.1) is 0 Å². The number of halogens is 1. The van der Waals surface area contributed by atoms with E-state index in [1.165, 1.54) is 12.8 Å². The number of H-pyrrole nitrogens is 2. The molecular weight excluding hydrogens is 294 g/mol. The first kappa shape index (κ1) is 13.4. The fourth-order valence-corrected chi connectivity index (χ4v) is 2.76. The number of imidazole rings is 1. The third kappa shape index (κ3) is 2.84. The third-order valence-electron chi connectivity index (χ3n) is 3.15. The Morgan fingerprint density at radius 3 is 2.61 bits per heavy atom. The molecule has 18 heavy (non-hydrogen) atoms. The van der Waals surface area contributed by atoms with Gasteiger partial charge in [-0.2, -0.15) is 0 Å². The van der Waals surface area contributed by atoms with E-state index in [1.54, 1.807) is 0 Å². The lowest BCUT2D eigenvalue weighted by molar-refractivity contribution is 0.580. The van der Waals surface area contributed by atoms with Crippen LogP contribution in [0.5, 0.6) is 0 Å². The Labute approximate surface area is 114 Å². The van der Waals surface area contributed by atoms with E-state index in [9.17, 15) is 4.79 Å². The Bertz CT molecular complexity index is 587. The molecule has 0 aliphatic carbocycles. The third-order valence-corrected chi connectivity index (χ3v) is 3.84. The van der Waals surface area contributed by atoms with Crippen molar-refractivity contribution in [3.05, 3.63) is 32.7 Å². The molecule has 2 rings (SSSR count). The van der Waals surface area contributed by atoms with Gasteiger partial charge in [-0.25, -0.2) is 4.79 Å². The molecule has 0 aliphatic heterocycles. The summed E-state index contributed by atoms with van der Waals surface area (Å²) in [6.07, 6.45) is 4.49. The zero-order valence-electron chi connectivity index (χ0n) is 10.4. The van der Waals surface area contributed by atoms with Crippen molar-refractivity contribution in [3.63, 3.8) is 0 Å². The highest BCUT2D eigenvalue weighted by molar-refractivity contribution is 9.10. The van der Waals surface area contributed by atoms with Crippen LogP contribution in [0.1, 0.15) is 44.2 Å². The normalized spacial score (nSPS) is 13.1. The summed E-state index contributed by atoms with van der Waals surface area (Å²) >= 11 is 3.52. The van der Waals surface area contributed by atoms with E-state index in [2.05, 4.69) is 32.8 Å². The molecule has 1 heterocycles. The maximum atomic E-state index is 11.2. The largest absolute Gasteiger partial charge is 0.324 e. The molecule has 0 saturated heterocycles. The zero-order valence-corrected chi connectivity index (χ0v) is 12.0. The van der Waals surface area contributed by atoms with Gasteiger partial charge in [0.2, 0.25) is 0 Å². The summed E-state index contributed by atoms with van der Waals surface area (Å²) in [5.41, 5.74) is 8.68. The molecule has 0 amide bonds. The monoisotopic (exact) mass is 311 g/mol. The van der Waals surface area contributed by atoms with E-state index in [1.807, 2.05) is 12.1 Å². The Morgan fingerprint density at radius 1 is 1.28 bits per heavy atom. The average Bonchev–Trinajstić information content (AvgIpc) is 2.67. The molecule has 0 saturated carbocycles.